The van der Waals surface area contributed by atoms with Gasteiger partial charge in [0.15, 0.2) is 0 Å². The molecule has 0 spiro atoms. The van der Waals surface area contributed by atoms with E-state index in [-0.39, 0.29) is 28.9 Å². The van der Waals surface area contributed by atoms with E-state index < -0.39 is 10.0 Å². The fourth-order valence-electron chi connectivity index (χ4n) is 1.94. The number of nitrogens with two attached hydrogens (primary N) is 1. The van der Waals surface area contributed by atoms with Crippen LogP contribution in [0.1, 0.15) is 31.3 Å². The second kappa shape index (κ2) is 6.14. The highest BCUT2D eigenvalue weighted by molar-refractivity contribution is 7.89. The first-order chi connectivity index (χ1) is 9.83. The number of aromatic nitrogens is 2. The summed E-state index contributed by atoms with van der Waals surface area (Å²) < 4.78 is 28.8. The molecule has 0 amide bonds. The van der Waals surface area contributed by atoms with Crippen molar-refractivity contribution in [2.24, 2.45) is 5.73 Å². The summed E-state index contributed by atoms with van der Waals surface area (Å²) >= 11 is 0.998. The van der Waals surface area contributed by atoms with Gasteiger partial charge in [-0.3, -0.25) is 4.79 Å². The van der Waals surface area contributed by atoms with Crippen molar-refractivity contribution in [2.45, 2.75) is 37.9 Å². The molecule has 2 aromatic heterocycles. The Morgan fingerprint density at radius 3 is 2.67 bits per heavy atom. The standard InChI is InChI=1S/C12H18N4O3S2/c1-8(2)16-6-11(3-10(16)4-13)21(18,19)14-5-9-7-20-12(17)15-9/h3,6-8,14H,4-5,13H2,1-2H3,(H,15,17). The van der Waals surface area contributed by atoms with E-state index in [1.807, 2.05) is 18.4 Å². The number of H-pyrrole nitrogens is 1. The highest BCUT2D eigenvalue weighted by Crippen LogP contribution is 2.18. The molecule has 0 aliphatic rings. The van der Waals surface area contributed by atoms with Crippen LogP contribution in [0.4, 0.5) is 0 Å². The summed E-state index contributed by atoms with van der Waals surface area (Å²) in [4.78, 5) is 13.5. The van der Waals surface area contributed by atoms with Crippen LogP contribution in [0.5, 0.6) is 0 Å². The molecule has 0 radical (unpaired) electrons. The van der Waals surface area contributed by atoms with E-state index >= 15 is 0 Å². The molecule has 7 nitrogen and oxygen atoms in total. The summed E-state index contributed by atoms with van der Waals surface area (Å²) in [5, 5.41) is 1.59. The van der Waals surface area contributed by atoms with Crippen molar-refractivity contribution in [1.82, 2.24) is 14.3 Å². The number of aromatic amines is 1. The van der Waals surface area contributed by atoms with Gasteiger partial charge in [-0.1, -0.05) is 11.3 Å². The smallest absolute Gasteiger partial charge is 0.304 e. The summed E-state index contributed by atoms with van der Waals surface area (Å²) in [6.07, 6.45) is 1.57. The molecule has 4 N–H and O–H groups in total. The second-order valence-electron chi connectivity index (χ2n) is 4.87. The Morgan fingerprint density at radius 1 is 1.48 bits per heavy atom. The molecule has 0 aliphatic carbocycles. The fourth-order valence-corrected chi connectivity index (χ4v) is 3.58. The Kier molecular flexibility index (Phi) is 4.67. The van der Waals surface area contributed by atoms with Crippen molar-refractivity contribution in [3.8, 4) is 0 Å². The lowest BCUT2D eigenvalue weighted by Gasteiger charge is -2.10. The summed E-state index contributed by atoms with van der Waals surface area (Å²) in [6.45, 7) is 4.23. The first-order valence-electron chi connectivity index (χ1n) is 6.40. The van der Waals surface area contributed by atoms with Crippen LogP contribution in [0.3, 0.4) is 0 Å². The number of hydrogen-bond donors (Lipinski definition) is 3. The molecule has 2 aromatic rings. The van der Waals surface area contributed by atoms with Gasteiger partial charge in [0.1, 0.15) is 0 Å². The third-order valence-electron chi connectivity index (χ3n) is 3.01. The fraction of sp³-hybridized carbons (Fsp3) is 0.417. The summed E-state index contributed by atoms with van der Waals surface area (Å²) in [5.41, 5.74) is 6.93. The maximum atomic E-state index is 12.3. The molecule has 0 aliphatic heterocycles. The summed E-state index contributed by atoms with van der Waals surface area (Å²) in [6, 6.07) is 1.69. The maximum Gasteiger partial charge on any atom is 0.304 e. The van der Waals surface area contributed by atoms with Gasteiger partial charge in [-0.25, -0.2) is 13.1 Å². The van der Waals surface area contributed by atoms with E-state index in [2.05, 4.69) is 9.71 Å². The summed E-state index contributed by atoms with van der Waals surface area (Å²) in [5.74, 6) is 0. The molecule has 21 heavy (non-hydrogen) atoms. The average Bonchev–Trinajstić information content (AvgIpc) is 3.02. The van der Waals surface area contributed by atoms with E-state index in [9.17, 15) is 13.2 Å². The van der Waals surface area contributed by atoms with Gasteiger partial charge in [0.05, 0.1) is 11.4 Å². The van der Waals surface area contributed by atoms with Gasteiger partial charge in [-0.15, -0.1) is 0 Å². The summed E-state index contributed by atoms with van der Waals surface area (Å²) in [7, 11) is -3.64. The molecule has 0 saturated heterocycles. The number of nitrogens with one attached hydrogen (secondary N) is 2. The third-order valence-corrected chi connectivity index (χ3v) is 5.09. The predicted molar refractivity (Wildman–Crippen MR) is 81.7 cm³/mol. The van der Waals surface area contributed by atoms with Crippen LogP contribution >= 0.6 is 11.3 Å². The predicted octanol–water partition coefficient (Wildman–Crippen LogP) is 0.756. The molecule has 0 unspecified atom stereocenters. The highest BCUT2D eigenvalue weighted by Gasteiger charge is 2.19. The first kappa shape index (κ1) is 16.0. The lowest BCUT2D eigenvalue weighted by molar-refractivity contribution is 0.569. The molecule has 0 bridgehead atoms. The van der Waals surface area contributed by atoms with Crippen molar-refractivity contribution >= 4 is 21.4 Å². The Hall–Kier alpha value is -1.42. The van der Waals surface area contributed by atoms with Crippen LogP contribution in [-0.2, 0) is 23.1 Å². The minimum Gasteiger partial charge on any atom is -0.346 e. The van der Waals surface area contributed by atoms with Gasteiger partial charge in [0.25, 0.3) is 0 Å². The van der Waals surface area contributed by atoms with E-state index in [0.29, 0.717) is 5.69 Å². The van der Waals surface area contributed by atoms with Crippen LogP contribution in [-0.4, -0.2) is 18.0 Å². The number of rotatable bonds is 6. The van der Waals surface area contributed by atoms with Crippen molar-refractivity contribution < 1.29 is 8.42 Å². The second-order valence-corrected chi connectivity index (χ2v) is 7.48. The Bertz CT molecular complexity index is 771. The Morgan fingerprint density at radius 2 is 2.19 bits per heavy atom. The van der Waals surface area contributed by atoms with Crippen molar-refractivity contribution in [1.29, 1.82) is 0 Å². The van der Waals surface area contributed by atoms with Gasteiger partial charge in [0, 0.05) is 35.6 Å². The molecule has 2 heterocycles. The lowest BCUT2D eigenvalue weighted by atomic mass is 10.3. The number of thiazole rings is 1. The molecule has 9 heteroatoms. The van der Waals surface area contributed by atoms with Gasteiger partial charge in [0.2, 0.25) is 10.0 Å². The first-order valence-corrected chi connectivity index (χ1v) is 8.77. The van der Waals surface area contributed by atoms with Crippen LogP contribution in [0.25, 0.3) is 0 Å². The molecule has 0 atom stereocenters. The van der Waals surface area contributed by atoms with Crippen molar-refractivity contribution in [3.05, 3.63) is 38.7 Å². The van der Waals surface area contributed by atoms with Crippen molar-refractivity contribution in [3.63, 3.8) is 0 Å². The normalized spacial score (nSPS) is 12.2. The van der Waals surface area contributed by atoms with E-state index in [1.54, 1.807) is 17.6 Å². The van der Waals surface area contributed by atoms with E-state index in [4.69, 9.17) is 5.73 Å². The number of hydrogen-bond acceptors (Lipinski definition) is 5. The van der Waals surface area contributed by atoms with Crippen LogP contribution in [0.2, 0.25) is 0 Å². The van der Waals surface area contributed by atoms with E-state index in [0.717, 1.165) is 17.0 Å². The van der Waals surface area contributed by atoms with Gasteiger partial charge >= 0.3 is 4.87 Å². The molecule has 0 fully saturated rings. The SMILES string of the molecule is CC(C)n1cc(S(=O)(=O)NCc2csc(=O)[nH]2)cc1CN. The molecule has 116 valence electrons. The zero-order valence-corrected chi connectivity index (χ0v) is 13.4. The molecule has 2 rings (SSSR count). The topological polar surface area (TPSA) is 110 Å². The minimum atomic E-state index is -3.64. The molecular weight excluding hydrogens is 312 g/mol. The average molecular weight is 330 g/mol. The van der Waals surface area contributed by atoms with E-state index in [1.165, 1.54) is 0 Å². The Balaban J connectivity index is 2.21. The van der Waals surface area contributed by atoms with Crippen molar-refractivity contribution in [2.75, 3.05) is 0 Å². The van der Waals surface area contributed by atoms with Gasteiger partial charge in [-0.05, 0) is 19.9 Å². The zero-order valence-electron chi connectivity index (χ0n) is 11.8. The zero-order chi connectivity index (χ0) is 15.6. The maximum absolute atomic E-state index is 12.3. The minimum absolute atomic E-state index is 0.0475. The third kappa shape index (κ3) is 3.62. The Labute approximate surface area is 126 Å². The number of nitrogens with zero attached hydrogens (tertiary/aromatic N) is 1. The lowest BCUT2D eigenvalue weighted by Crippen LogP contribution is -2.23. The van der Waals surface area contributed by atoms with Crippen LogP contribution < -0.4 is 15.3 Å². The largest absolute Gasteiger partial charge is 0.346 e. The van der Waals surface area contributed by atoms with Crippen LogP contribution in [0.15, 0.2) is 27.3 Å². The molecule has 0 aromatic carbocycles. The number of sulfonamides is 1. The quantitative estimate of drug-likeness (QED) is 0.726. The monoisotopic (exact) mass is 330 g/mol. The van der Waals surface area contributed by atoms with Gasteiger partial charge in [-0.2, -0.15) is 0 Å². The molecular formula is C12H18N4O3S2. The highest BCUT2D eigenvalue weighted by atomic mass is 32.2. The van der Waals surface area contributed by atoms with Gasteiger partial charge < -0.3 is 15.3 Å². The van der Waals surface area contributed by atoms with Crippen LogP contribution in [0, 0.1) is 0 Å². The molecule has 0 saturated carbocycles.